The number of ketones is 1. The monoisotopic (exact) mass is 662 g/mol. The minimum absolute atomic E-state index is 0.0270. The first-order valence-corrected chi connectivity index (χ1v) is 17.5. The van der Waals surface area contributed by atoms with Gasteiger partial charge in [-0.25, -0.2) is 9.59 Å². The van der Waals surface area contributed by atoms with Gasteiger partial charge in [0, 0.05) is 29.3 Å². The third-order valence-electron chi connectivity index (χ3n) is 8.87. The number of anilines is 2. The highest BCUT2D eigenvalue weighted by Crippen LogP contribution is 2.38. The number of esters is 2. The molecule has 0 spiro atoms. The summed E-state index contributed by atoms with van der Waals surface area (Å²) in [5, 5.41) is 0. The van der Waals surface area contributed by atoms with Gasteiger partial charge in [0.1, 0.15) is 5.57 Å². The Hall–Kier alpha value is -4.59. The van der Waals surface area contributed by atoms with Gasteiger partial charge in [0.2, 0.25) is 0 Å². The third kappa shape index (κ3) is 8.35. The fourth-order valence-corrected chi connectivity index (χ4v) is 5.93. The van der Waals surface area contributed by atoms with Crippen LogP contribution in [0.25, 0.3) is 0 Å². The predicted molar refractivity (Wildman–Crippen MR) is 200 cm³/mol. The Morgan fingerprint density at radius 1 is 0.592 bits per heavy atom. The highest BCUT2D eigenvalue weighted by molar-refractivity contribution is 6.81. The molecule has 4 rings (SSSR count). The van der Waals surface area contributed by atoms with E-state index in [1.165, 1.54) is 0 Å². The maximum Gasteiger partial charge on any atom is 0.428 e. The molecule has 0 aliphatic carbocycles. The average Bonchev–Trinajstić information content (AvgIpc) is 3.51. The van der Waals surface area contributed by atoms with Gasteiger partial charge in [0.05, 0.1) is 18.7 Å². The topological polar surface area (TPSA) is 76.2 Å². The van der Waals surface area contributed by atoms with E-state index in [4.69, 9.17) is 9.47 Å². The van der Waals surface area contributed by atoms with Crippen LogP contribution in [0.15, 0.2) is 90.2 Å². The number of benzene rings is 3. The van der Waals surface area contributed by atoms with Crippen LogP contribution in [0.4, 0.5) is 11.4 Å². The summed E-state index contributed by atoms with van der Waals surface area (Å²) in [5.74, 6) is -1.27. The van der Waals surface area contributed by atoms with Crippen molar-refractivity contribution in [3.8, 4) is 0 Å². The zero-order chi connectivity index (χ0) is 36.0. The quantitative estimate of drug-likeness (QED) is 0.0451. The summed E-state index contributed by atoms with van der Waals surface area (Å²) in [5.41, 5.74) is 6.08. The van der Waals surface area contributed by atoms with Crippen LogP contribution in [0, 0.1) is 0 Å². The van der Waals surface area contributed by atoms with Crippen molar-refractivity contribution in [2.45, 2.75) is 92.9 Å². The van der Waals surface area contributed by atoms with Gasteiger partial charge in [-0.1, -0.05) is 97.9 Å². The molecule has 0 amide bonds. The highest BCUT2D eigenvalue weighted by atomic mass is 16.5. The smallest absolute Gasteiger partial charge is 0.428 e. The molecule has 7 nitrogen and oxygen atoms in total. The molecule has 8 heteroatoms. The second kappa shape index (κ2) is 16.2. The first-order valence-electron chi connectivity index (χ1n) is 17.5. The molecule has 0 fully saturated rings. The van der Waals surface area contributed by atoms with Crippen molar-refractivity contribution in [1.82, 2.24) is 0 Å². The molecule has 3 aromatic rings. The Kier molecular flexibility index (Phi) is 12.3. The molecule has 0 N–H and O–H groups in total. The molecule has 0 saturated carbocycles. The zero-order valence-corrected chi connectivity index (χ0v) is 30.7. The van der Waals surface area contributed by atoms with E-state index in [0.717, 1.165) is 33.6 Å². The summed E-state index contributed by atoms with van der Waals surface area (Å²) in [6.07, 6.45) is 3.83. The van der Waals surface area contributed by atoms with Crippen LogP contribution in [0.5, 0.6) is 0 Å². The van der Waals surface area contributed by atoms with Crippen LogP contribution in [-0.2, 0) is 19.1 Å². The number of carbonyl (C=O) groups is 3. The minimum Gasteiger partial charge on any atom is -0.463 e. The highest BCUT2D eigenvalue weighted by Gasteiger charge is 2.47. The van der Waals surface area contributed by atoms with Crippen LogP contribution in [0.1, 0.15) is 126 Å². The summed E-state index contributed by atoms with van der Waals surface area (Å²) in [6.45, 7) is 19.7. The van der Waals surface area contributed by atoms with E-state index in [2.05, 4.69) is 91.8 Å². The van der Waals surface area contributed by atoms with Crippen molar-refractivity contribution in [2.75, 3.05) is 22.8 Å². The third-order valence-corrected chi connectivity index (χ3v) is 8.87. The van der Waals surface area contributed by atoms with Gasteiger partial charge in [-0.2, -0.15) is 0 Å². The zero-order valence-electron chi connectivity index (χ0n) is 30.7. The Morgan fingerprint density at radius 3 is 1.35 bits per heavy atom. The SMILES string of the molecule is CCOC(=O)/C(B1N(c2cc(C(C)C)cc(C(C)C)c2)C=CN1c1cc(C(C)C)cc(C(C)C)c1)=C(/C(=O)OCC)C(=O)c1ccccc1. The Balaban J connectivity index is 2.13. The fourth-order valence-electron chi connectivity index (χ4n) is 5.93. The second-order valence-electron chi connectivity index (χ2n) is 13.7. The number of hydrogen-bond acceptors (Lipinski definition) is 7. The van der Waals surface area contributed by atoms with E-state index in [1.54, 1.807) is 44.2 Å². The second-order valence-corrected chi connectivity index (χ2v) is 13.7. The normalized spacial score (nSPS) is 13.6. The Morgan fingerprint density at radius 2 is 0.980 bits per heavy atom. The molecular weight excluding hydrogens is 611 g/mol. The summed E-state index contributed by atoms with van der Waals surface area (Å²) in [4.78, 5) is 46.7. The van der Waals surface area contributed by atoms with E-state index in [-0.39, 0.29) is 53.5 Å². The number of hydrogen-bond donors (Lipinski definition) is 0. The molecular formula is C41H51BN2O5. The first kappa shape index (κ1) is 37.2. The van der Waals surface area contributed by atoms with Gasteiger partial charge < -0.3 is 19.1 Å². The molecule has 1 aliphatic heterocycles. The molecule has 0 bridgehead atoms. The van der Waals surface area contributed by atoms with E-state index in [9.17, 15) is 14.4 Å². The number of nitrogens with zero attached hydrogens (tertiary/aromatic N) is 2. The van der Waals surface area contributed by atoms with Gasteiger partial charge in [0.25, 0.3) is 0 Å². The molecule has 0 saturated heterocycles. The Bertz CT molecular complexity index is 1600. The lowest BCUT2D eigenvalue weighted by molar-refractivity contribution is -0.141. The lowest BCUT2D eigenvalue weighted by Crippen LogP contribution is -2.50. The predicted octanol–water partition coefficient (Wildman–Crippen LogP) is 9.31. The number of carbonyl (C=O) groups excluding carboxylic acids is 3. The van der Waals surface area contributed by atoms with E-state index in [1.807, 2.05) is 22.0 Å². The molecule has 0 radical (unpaired) electrons. The van der Waals surface area contributed by atoms with Crippen molar-refractivity contribution in [3.63, 3.8) is 0 Å². The lowest BCUT2D eigenvalue weighted by atomic mass is 9.61. The molecule has 0 atom stereocenters. The van der Waals surface area contributed by atoms with E-state index < -0.39 is 24.7 Å². The number of Topliss-reactive ketones (excluding diaryl/α,β-unsaturated/α-hetero) is 1. The van der Waals surface area contributed by atoms with Gasteiger partial charge in [-0.15, -0.1) is 0 Å². The lowest BCUT2D eigenvalue weighted by Gasteiger charge is -2.33. The molecule has 0 aromatic heterocycles. The largest absolute Gasteiger partial charge is 0.463 e. The van der Waals surface area contributed by atoms with Crippen LogP contribution < -0.4 is 9.62 Å². The summed E-state index contributed by atoms with van der Waals surface area (Å²) in [6, 6.07) is 21.4. The molecule has 1 aliphatic rings. The maximum absolute atomic E-state index is 14.4. The summed E-state index contributed by atoms with van der Waals surface area (Å²) < 4.78 is 11.2. The number of rotatable bonds is 13. The summed E-state index contributed by atoms with van der Waals surface area (Å²) >= 11 is 0. The van der Waals surface area contributed by atoms with Gasteiger partial charge in [0.15, 0.2) is 5.78 Å². The van der Waals surface area contributed by atoms with Crippen molar-refractivity contribution < 1.29 is 23.9 Å². The van der Waals surface area contributed by atoms with E-state index >= 15 is 0 Å². The van der Waals surface area contributed by atoms with Crippen molar-refractivity contribution in [1.29, 1.82) is 0 Å². The summed E-state index contributed by atoms with van der Waals surface area (Å²) in [7, 11) is 0. The molecule has 1 heterocycles. The van der Waals surface area contributed by atoms with Crippen molar-refractivity contribution in [3.05, 3.63) is 118 Å². The van der Waals surface area contributed by atoms with Crippen LogP contribution in [-0.4, -0.2) is 37.9 Å². The maximum atomic E-state index is 14.4. The number of ether oxygens (including phenoxy) is 2. The fraction of sp³-hybridized carbons (Fsp3) is 0.390. The molecule has 49 heavy (non-hydrogen) atoms. The molecule has 0 unspecified atom stereocenters. The van der Waals surface area contributed by atoms with Crippen LogP contribution in [0.2, 0.25) is 0 Å². The standard InChI is InChI=1S/C41H51BN2O5/c1-11-48-40(46)37(39(45)30-16-14-13-15-17-30)38(41(47)49-12-2)42-43(35-22-31(26(3)4)20-32(23-35)27(5)6)18-19-44(42)36-24-33(28(7)8)21-34(25-36)29(9)10/h13-29H,11-12H2,1-10H3/b38-37-. The van der Waals surface area contributed by atoms with Gasteiger partial charge in [-0.05, 0) is 84.0 Å². The van der Waals surface area contributed by atoms with Crippen LogP contribution in [0.3, 0.4) is 0 Å². The average molecular weight is 663 g/mol. The van der Waals surface area contributed by atoms with Gasteiger partial charge >= 0.3 is 18.9 Å². The van der Waals surface area contributed by atoms with E-state index in [0.29, 0.717) is 0 Å². The minimum atomic E-state index is -0.948. The molecule has 3 aromatic carbocycles. The van der Waals surface area contributed by atoms with Crippen molar-refractivity contribution in [2.24, 2.45) is 0 Å². The van der Waals surface area contributed by atoms with Crippen LogP contribution >= 0.6 is 0 Å². The first-order chi connectivity index (χ1) is 23.3. The van der Waals surface area contributed by atoms with Gasteiger partial charge in [-0.3, -0.25) is 4.79 Å². The Labute approximate surface area is 293 Å². The molecule has 258 valence electrons. The van der Waals surface area contributed by atoms with Crippen molar-refractivity contribution >= 4 is 36.1 Å².